The molecule has 2 rings (SSSR count). The quantitative estimate of drug-likeness (QED) is 0.846. The third-order valence-corrected chi connectivity index (χ3v) is 4.26. The minimum atomic E-state index is -4.98. The predicted octanol–water partition coefficient (Wildman–Crippen LogP) is 1.72. The average Bonchev–Trinajstić information content (AvgIpc) is 2.83. The summed E-state index contributed by atoms with van der Waals surface area (Å²) in [6.07, 6.45) is -6.23. The van der Waals surface area contributed by atoms with Gasteiger partial charge in [0.25, 0.3) is 0 Å². The van der Waals surface area contributed by atoms with Crippen LogP contribution in [0.2, 0.25) is 0 Å². The van der Waals surface area contributed by atoms with E-state index in [9.17, 15) is 30.8 Å². The van der Waals surface area contributed by atoms with E-state index in [2.05, 4.69) is 4.74 Å². The van der Waals surface area contributed by atoms with Crippen LogP contribution in [0.4, 0.5) is 22.4 Å². The lowest BCUT2D eigenvalue weighted by molar-refractivity contribution is -0.153. The predicted molar refractivity (Wildman–Crippen MR) is 65.3 cm³/mol. The van der Waals surface area contributed by atoms with Crippen LogP contribution in [0.3, 0.4) is 0 Å². The van der Waals surface area contributed by atoms with Gasteiger partial charge in [0, 0.05) is 0 Å². The van der Waals surface area contributed by atoms with Crippen molar-refractivity contribution in [1.82, 2.24) is 9.03 Å². The summed E-state index contributed by atoms with van der Waals surface area (Å²) >= 11 is 0. The molecule has 1 aromatic rings. The van der Waals surface area contributed by atoms with Gasteiger partial charge in [-0.3, -0.25) is 0 Å². The second-order valence-corrected chi connectivity index (χ2v) is 5.96. The van der Waals surface area contributed by atoms with Crippen molar-refractivity contribution in [2.24, 2.45) is 0 Å². The van der Waals surface area contributed by atoms with Gasteiger partial charge in [0.05, 0.1) is 6.54 Å². The molecule has 1 amide bonds. The SMILES string of the molecule is O=C1OCCN1S(=O)(=O)NC(c1ccc(F)cc1)C(F)(F)F. The summed E-state index contributed by atoms with van der Waals surface area (Å²) < 4.78 is 81.7. The number of hydrogen-bond acceptors (Lipinski definition) is 4. The zero-order valence-electron chi connectivity index (χ0n) is 10.8. The van der Waals surface area contributed by atoms with Crippen molar-refractivity contribution in [2.75, 3.05) is 13.2 Å². The van der Waals surface area contributed by atoms with E-state index in [1.807, 2.05) is 0 Å². The molecule has 122 valence electrons. The lowest BCUT2D eigenvalue weighted by atomic mass is 10.1. The number of carbonyl (C=O) groups excluding carboxylic acids is 1. The molecule has 1 aliphatic rings. The van der Waals surface area contributed by atoms with E-state index in [1.54, 1.807) is 0 Å². The first kappa shape index (κ1) is 16.5. The molecule has 1 aromatic carbocycles. The van der Waals surface area contributed by atoms with Gasteiger partial charge < -0.3 is 4.74 Å². The molecule has 0 bridgehead atoms. The lowest BCUT2D eigenvalue weighted by Gasteiger charge is -2.24. The minimum absolute atomic E-state index is 0.162. The highest BCUT2D eigenvalue weighted by Crippen LogP contribution is 2.33. The fourth-order valence-corrected chi connectivity index (χ4v) is 3.05. The molecule has 1 fully saturated rings. The first-order valence-corrected chi connectivity index (χ1v) is 7.34. The van der Waals surface area contributed by atoms with Gasteiger partial charge in [-0.15, -0.1) is 0 Å². The normalized spacial score (nSPS) is 17.5. The van der Waals surface area contributed by atoms with Crippen molar-refractivity contribution in [3.05, 3.63) is 35.6 Å². The summed E-state index contributed by atoms with van der Waals surface area (Å²) in [6.45, 7) is -0.630. The first-order valence-electron chi connectivity index (χ1n) is 5.90. The molecule has 22 heavy (non-hydrogen) atoms. The standard InChI is InChI=1S/C11H10F4N2O4S/c12-8-3-1-7(2-4-8)9(11(13,14)15)16-22(19,20)17-5-6-21-10(17)18/h1-4,9,16H,5-6H2. The maximum Gasteiger partial charge on any atom is 0.424 e. The van der Waals surface area contributed by atoms with Gasteiger partial charge >= 0.3 is 22.5 Å². The molecule has 1 unspecified atom stereocenters. The highest BCUT2D eigenvalue weighted by Gasteiger charge is 2.46. The van der Waals surface area contributed by atoms with Crippen molar-refractivity contribution in [3.63, 3.8) is 0 Å². The molecule has 6 nitrogen and oxygen atoms in total. The maximum absolute atomic E-state index is 13.1. The molecular formula is C11H10F4N2O4S. The highest BCUT2D eigenvalue weighted by atomic mass is 32.2. The number of nitrogens with one attached hydrogen (secondary N) is 1. The molecule has 0 aromatic heterocycles. The van der Waals surface area contributed by atoms with Gasteiger partial charge in [-0.1, -0.05) is 12.1 Å². The minimum Gasteiger partial charge on any atom is -0.447 e. The molecule has 1 saturated heterocycles. The molecule has 1 atom stereocenters. The second-order valence-electron chi connectivity index (χ2n) is 4.34. The van der Waals surface area contributed by atoms with Crippen LogP contribution < -0.4 is 4.72 Å². The van der Waals surface area contributed by atoms with Gasteiger partial charge in [0.1, 0.15) is 18.5 Å². The Morgan fingerprint density at radius 3 is 2.27 bits per heavy atom. The number of benzene rings is 1. The fourth-order valence-electron chi connectivity index (χ4n) is 1.79. The smallest absolute Gasteiger partial charge is 0.424 e. The van der Waals surface area contributed by atoms with E-state index in [-0.39, 0.29) is 17.5 Å². The maximum atomic E-state index is 13.1. The Kier molecular flexibility index (Phi) is 4.29. The number of nitrogens with zero attached hydrogens (tertiary/aromatic N) is 1. The summed E-state index contributed by atoms with van der Waals surface area (Å²) in [7, 11) is -4.75. The third-order valence-electron chi connectivity index (χ3n) is 2.81. The van der Waals surface area contributed by atoms with Gasteiger partial charge in [-0.05, 0) is 17.7 Å². The van der Waals surface area contributed by atoms with Crippen LogP contribution in [0.1, 0.15) is 11.6 Å². The molecule has 1 aliphatic heterocycles. The molecule has 0 radical (unpaired) electrons. The van der Waals surface area contributed by atoms with Crippen molar-refractivity contribution in [3.8, 4) is 0 Å². The Balaban J connectivity index is 2.31. The van der Waals surface area contributed by atoms with Crippen molar-refractivity contribution in [1.29, 1.82) is 0 Å². The molecule has 1 N–H and O–H groups in total. The van der Waals surface area contributed by atoms with Crippen LogP contribution in [0.5, 0.6) is 0 Å². The number of rotatable bonds is 4. The topological polar surface area (TPSA) is 75.7 Å². The van der Waals surface area contributed by atoms with Crippen LogP contribution in [0.15, 0.2) is 24.3 Å². The number of cyclic esters (lactones) is 1. The van der Waals surface area contributed by atoms with E-state index in [0.29, 0.717) is 0 Å². The van der Waals surface area contributed by atoms with Gasteiger partial charge in [0.15, 0.2) is 0 Å². The van der Waals surface area contributed by atoms with E-state index < -0.39 is 39.9 Å². The van der Waals surface area contributed by atoms with E-state index in [4.69, 9.17) is 0 Å². The van der Waals surface area contributed by atoms with Gasteiger partial charge in [-0.2, -0.15) is 30.6 Å². The van der Waals surface area contributed by atoms with Crippen LogP contribution in [-0.2, 0) is 14.9 Å². The molecule has 1 heterocycles. The Bertz CT molecular complexity index is 660. The third kappa shape index (κ3) is 3.47. The van der Waals surface area contributed by atoms with Gasteiger partial charge in [0.2, 0.25) is 0 Å². The fraction of sp³-hybridized carbons (Fsp3) is 0.364. The molecule has 0 spiro atoms. The Hall–Kier alpha value is -1.88. The number of halogens is 4. The number of alkyl halides is 3. The summed E-state index contributed by atoms with van der Waals surface area (Å²) in [5.41, 5.74) is -0.509. The number of carbonyl (C=O) groups is 1. The molecule has 0 aliphatic carbocycles. The number of ether oxygens (including phenoxy) is 1. The number of hydrogen-bond donors (Lipinski definition) is 1. The zero-order valence-corrected chi connectivity index (χ0v) is 11.6. The Labute approximate surface area is 122 Å². The van der Waals surface area contributed by atoms with Crippen LogP contribution in [0.25, 0.3) is 0 Å². The van der Waals surface area contributed by atoms with Crippen LogP contribution >= 0.6 is 0 Å². The average molecular weight is 342 g/mol. The monoisotopic (exact) mass is 342 g/mol. The number of amides is 1. The highest BCUT2D eigenvalue weighted by molar-refractivity contribution is 7.87. The second kappa shape index (κ2) is 5.72. The summed E-state index contributed by atoms with van der Waals surface area (Å²) in [5.74, 6) is -0.768. The van der Waals surface area contributed by atoms with E-state index in [1.165, 1.54) is 4.72 Å². The summed E-state index contributed by atoms with van der Waals surface area (Å²) in [4.78, 5) is 11.2. The van der Waals surface area contributed by atoms with E-state index in [0.717, 1.165) is 24.3 Å². The molecular weight excluding hydrogens is 332 g/mol. The first-order chi connectivity index (χ1) is 10.1. The Morgan fingerprint density at radius 2 is 1.82 bits per heavy atom. The summed E-state index contributed by atoms with van der Waals surface area (Å²) in [5, 5.41) is 0. The van der Waals surface area contributed by atoms with E-state index >= 15 is 0 Å². The van der Waals surface area contributed by atoms with Crippen molar-refractivity contribution < 1.29 is 35.5 Å². The lowest BCUT2D eigenvalue weighted by Crippen LogP contribution is -2.46. The Morgan fingerprint density at radius 1 is 1.23 bits per heavy atom. The van der Waals surface area contributed by atoms with Crippen molar-refractivity contribution >= 4 is 16.3 Å². The molecule has 0 saturated carbocycles. The molecule has 11 heteroatoms. The largest absolute Gasteiger partial charge is 0.447 e. The van der Waals surface area contributed by atoms with Crippen LogP contribution in [-0.4, -0.2) is 38.1 Å². The van der Waals surface area contributed by atoms with Crippen molar-refractivity contribution in [2.45, 2.75) is 12.2 Å². The van der Waals surface area contributed by atoms with Gasteiger partial charge in [-0.25, -0.2) is 9.18 Å². The zero-order chi connectivity index (χ0) is 16.5. The summed E-state index contributed by atoms with van der Waals surface area (Å²) in [6, 6.07) is 0.529. The van der Waals surface area contributed by atoms with Crippen LogP contribution in [0, 0.1) is 5.82 Å².